The normalized spacial score (nSPS) is 10.3. The second-order valence-corrected chi connectivity index (χ2v) is 3.04. The van der Waals surface area contributed by atoms with Crippen molar-refractivity contribution in [3.63, 3.8) is 0 Å². The molecule has 4 heteroatoms. The maximum atomic E-state index is 10.6. The molecule has 0 heterocycles. The van der Waals surface area contributed by atoms with Crippen molar-refractivity contribution in [2.45, 2.75) is 26.7 Å². The Labute approximate surface area is 86.2 Å². The highest BCUT2D eigenvalue weighted by Crippen LogP contribution is 1.96. The van der Waals surface area contributed by atoms with Crippen molar-refractivity contribution >= 4 is 6.16 Å². The zero-order valence-electron chi connectivity index (χ0n) is 9.41. The molecule has 0 aliphatic rings. The first kappa shape index (κ1) is 13.2. The number of rotatable bonds is 7. The minimum absolute atomic E-state index is 0.452. The number of nitrogens with zero attached hydrogens (tertiary/aromatic N) is 1. The number of ether oxygens (including phenoxy) is 2. The van der Waals surface area contributed by atoms with E-state index in [-0.39, 0.29) is 0 Å². The monoisotopic (exact) mass is 203 g/mol. The zero-order valence-corrected chi connectivity index (χ0v) is 9.41. The summed E-state index contributed by atoms with van der Waals surface area (Å²) in [7, 11) is 1.32. The lowest BCUT2D eigenvalue weighted by atomic mass is 10.3. The summed E-state index contributed by atoms with van der Waals surface area (Å²) in [6.07, 6.45) is 1.36. The van der Waals surface area contributed by atoms with Crippen molar-refractivity contribution in [2.24, 2.45) is 0 Å². The van der Waals surface area contributed by atoms with Crippen molar-refractivity contribution < 1.29 is 14.3 Å². The first-order chi connectivity index (χ1) is 6.74. The molecule has 14 heavy (non-hydrogen) atoms. The van der Waals surface area contributed by atoms with E-state index >= 15 is 0 Å². The van der Waals surface area contributed by atoms with Gasteiger partial charge in [-0.15, -0.1) is 0 Å². The predicted molar refractivity (Wildman–Crippen MR) is 55.4 cm³/mol. The maximum Gasteiger partial charge on any atom is 0.507 e. The number of carbonyl (C=O) groups is 1. The van der Waals surface area contributed by atoms with Gasteiger partial charge in [-0.3, -0.25) is 0 Å². The molecule has 0 saturated heterocycles. The van der Waals surface area contributed by atoms with Crippen LogP contribution in [0.1, 0.15) is 26.7 Å². The minimum Gasteiger partial charge on any atom is -0.438 e. The number of hydrogen-bond donors (Lipinski definition) is 0. The van der Waals surface area contributed by atoms with Crippen LogP contribution < -0.4 is 0 Å². The lowest BCUT2D eigenvalue weighted by Crippen LogP contribution is -2.24. The molecule has 84 valence electrons. The van der Waals surface area contributed by atoms with E-state index in [1.807, 2.05) is 0 Å². The molecule has 0 amide bonds. The van der Waals surface area contributed by atoms with Crippen LogP contribution in [-0.2, 0) is 9.47 Å². The molecule has 0 fully saturated rings. The van der Waals surface area contributed by atoms with Gasteiger partial charge in [0, 0.05) is 0 Å². The molecule has 0 unspecified atom stereocenters. The Morgan fingerprint density at radius 2 is 1.86 bits per heavy atom. The summed E-state index contributed by atoms with van der Waals surface area (Å²) in [5.41, 5.74) is 0. The van der Waals surface area contributed by atoms with Crippen molar-refractivity contribution in [3.8, 4) is 0 Å². The van der Waals surface area contributed by atoms with Gasteiger partial charge in [0.05, 0.1) is 13.7 Å². The summed E-state index contributed by atoms with van der Waals surface area (Å²) in [4.78, 5) is 12.9. The quantitative estimate of drug-likeness (QED) is 0.468. The standard InChI is InChI=1S/C10H21NO3/c1-4-11(5-2)8-6-7-9-14-10(12)13-3/h4-9H2,1-3H3. The summed E-state index contributed by atoms with van der Waals surface area (Å²) in [5.74, 6) is 0. The SMILES string of the molecule is CCN(CC)CCCCOC(=O)OC. The van der Waals surface area contributed by atoms with Crippen LogP contribution in [-0.4, -0.2) is 44.4 Å². The number of hydrogen-bond acceptors (Lipinski definition) is 4. The molecule has 0 aromatic heterocycles. The van der Waals surface area contributed by atoms with E-state index in [9.17, 15) is 4.79 Å². The van der Waals surface area contributed by atoms with Crippen LogP contribution >= 0.6 is 0 Å². The number of unbranched alkanes of at least 4 members (excludes halogenated alkanes) is 1. The number of methoxy groups -OCH3 is 1. The predicted octanol–water partition coefficient (Wildman–Crippen LogP) is 1.89. The summed E-state index contributed by atoms with van der Waals surface area (Å²) in [6, 6.07) is 0. The second kappa shape index (κ2) is 8.81. The fourth-order valence-corrected chi connectivity index (χ4v) is 1.19. The van der Waals surface area contributed by atoms with Gasteiger partial charge in [-0.05, 0) is 32.5 Å². The average molecular weight is 203 g/mol. The third kappa shape index (κ3) is 6.71. The van der Waals surface area contributed by atoms with E-state index in [4.69, 9.17) is 4.74 Å². The Bertz CT molecular complexity index is 146. The summed E-state index contributed by atoms with van der Waals surface area (Å²) < 4.78 is 9.11. The molecule has 0 aromatic carbocycles. The van der Waals surface area contributed by atoms with Gasteiger partial charge in [0.2, 0.25) is 0 Å². The highest BCUT2D eigenvalue weighted by Gasteiger charge is 2.01. The molecular formula is C10H21NO3. The first-order valence-electron chi connectivity index (χ1n) is 5.17. The van der Waals surface area contributed by atoms with Gasteiger partial charge in [0.25, 0.3) is 0 Å². The lowest BCUT2D eigenvalue weighted by molar-refractivity contribution is 0.0708. The smallest absolute Gasteiger partial charge is 0.438 e. The summed E-state index contributed by atoms with van der Waals surface area (Å²) in [5, 5.41) is 0. The first-order valence-corrected chi connectivity index (χ1v) is 5.17. The molecule has 0 aliphatic carbocycles. The highest BCUT2D eigenvalue weighted by atomic mass is 16.7. The van der Waals surface area contributed by atoms with Gasteiger partial charge in [0.1, 0.15) is 0 Å². The fourth-order valence-electron chi connectivity index (χ4n) is 1.19. The van der Waals surface area contributed by atoms with Crippen LogP contribution in [0, 0.1) is 0 Å². The van der Waals surface area contributed by atoms with Gasteiger partial charge in [-0.1, -0.05) is 13.8 Å². The third-order valence-corrected chi connectivity index (χ3v) is 2.15. The van der Waals surface area contributed by atoms with Gasteiger partial charge in [-0.25, -0.2) is 4.79 Å². The summed E-state index contributed by atoms with van der Waals surface area (Å²) >= 11 is 0. The van der Waals surface area contributed by atoms with E-state index in [1.54, 1.807) is 0 Å². The number of carbonyl (C=O) groups excluding carboxylic acids is 1. The van der Waals surface area contributed by atoms with Gasteiger partial charge in [-0.2, -0.15) is 0 Å². The molecular weight excluding hydrogens is 182 g/mol. The van der Waals surface area contributed by atoms with Gasteiger partial charge >= 0.3 is 6.16 Å². The van der Waals surface area contributed by atoms with Crippen molar-refractivity contribution in [1.29, 1.82) is 0 Å². The molecule has 0 aromatic rings. The van der Waals surface area contributed by atoms with Crippen LogP contribution in [0.5, 0.6) is 0 Å². The fraction of sp³-hybridized carbons (Fsp3) is 0.900. The van der Waals surface area contributed by atoms with Crippen LogP contribution in [0.25, 0.3) is 0 Å². The molecule has 0 spiro atoms. The Hall–Kier alpha value is -0.770. The molecule has 0 bridgehead atoms. The second-order valence-electron chi connectivity index (χ2n) is 3.04. The zero-order chi connectivity index (χ0) is 10.8. The van der Waals surface area contributed by atoms with E-state index < -0.39 is 6.16 Å². The van der Waals surface area contributed by atoms with E-state index in [1.165, 1.54) is 7.11 Å². The summed E-state index contributed by atoms with van der Waals surface area (Å²) in [6.45, 7) is 7.97. The molecule has 0 rings (SSSR count). The van der Waals surface area contributed by atoms with Crippen LogP contribution in [0.3, 0.4) is 0 Å². The molecule has 0 N–H and O–H groups in total. The van der Waals surface area contributed by atoms with Crippen LogP contribution in [0.4, 0.5) is 4.79 Å². The van der Waals surface area contributed by atoms with Crippen LogP contribution in [0.15, 0.2) is 0 Å². The Morgan fingerprint density at radius 1 is 1.21 bits per heavy atom. The average Bonchev–Trinajstić information content (AvgIpc) is 2.23. The topological polar surface area (TPSA) is 38.8 Å². The van der Waals surface area contributed by atoms with E-state index in [0.29, 0.717) is 6.61 Å². The Kier molecular flexibility index (Phi) is 8.33. The van der Waals surface area contributed by atoms with Gasteiger partial charge < -0.3 is 14.4 Å². The van der Waals surface area contributed by atoms with E-state index in [2.05, 4.69) is 23.5 Å². The maximum absolute atomic E-state index is 10.6. The largest absolute Gasteiger partial charge is 0.507 e. The third-order valence-electron chi connectivity index (χ3n) is 2.15. The van der Waals surface area contributed by atoms with E-state index in [0.717, 1.165) is 32.5 Å². The highest BCUT2D eigenvalue weighted by molar-refractivity contribution is 5.59. The van der Waals surface area contributed by atoms with Crippen molar-refractivity contribution in [3.05, 3.63) is 0 Å². The molecule has 0 atom stereocenters. The molecule has 0 radical (unpaired) electrons. The Balaban J connectivity index is 3.24. The van der Waals surface area contributed by atoms with Crippen molar-refractivity contribution in [2.75, 3.05) is 33.4 Å². The molecule has 0 saturated carbocycles. The minimum atomic E-state index is -0.590. The van der Waals surface area contributed by atoms with Crippen LogP contribution in [0.2, 0.25) is 0 Å². The van der Waals surface area contributed by atoms with Gasteiger partial charge in [0.15, 0.2) is 0 Å². The molecule has 4 nitrogen and oxygen atoms in total. The molecule has 0 aliphatic heterocycles. The Morgan fingerprint density at radius 3 is 2.36 bits per heavy atom. The van der Waals surface area contributed by atoms with Crippen molar-refractivity contribution in [1.82, 2.24) is 4.90 Å². The lowest BCUT2D eigenvalue weighted by Gasteiger charge is -2.17.